The standard InChI is InChI=1S/C58H38N4Si/c1-5-21-39(22-6-1)57-59-56(55-46-32-16-20-36-54(46)63(58(55)60-57,41-25-9-3-10-26-41)42-27-11-4-12-28-42)45-31-15-19-35-51(45)62-50-34-18-14-30-44(50)48-37-52-47(38-53(48)62)43-29-13-17-33-49(43)61(52)40-23-7-2-8-24-40/h1-38H. The van der Waals surface area contributed by atoms with Crippen molar-refractivity contribution < 1.29 is 0 Å². The number of hydrogen-bond donors (Lipinski definition) is 0. The van der Waals surface area contributed by atoms with Crippen LogP contribution in [0, 0.1) is 0 Å². The summed E-state index contributed by atoms with van der Waals surface area (Å²) < 4.78 is 4.89. The zero-order chi connectivity index (χ0) is 41.5. The molecule has 63 heavy (non-hydrogen) atoms. The molecule has 1 aliphatic rings. The maximum Gasteiger partial charge on any atom is 0.203 e. The molecule has 0 spiro atoms. The molecule has 0 unspecified atom stereocenters. The van der Waals surface area contributed by atoms with E-state index < -0.39 is 8.07 Å². The van der Waals surface area contributed by atoms with Crippen LogP contribution in [0.2, 0.25) is 0 Å². The van der Waals surface area contributed by atoms with E-state index in [1.165, 1.54) is 53.7 Å². The Hall–Kier alpha value is -8.12. The van der Waals surface area contributed by atoms with Gasteiger partial charge in [0.15, 0.2) is 5.82 Å². The first-order valence-electron chi connectivity index (χ1n) is 21.6. The largest absolute Gasteiger partial charge is 0.309 e. The first-order chi connectivity index (χ1) is 31.3. The van der Waals surface area contributed by atoms with E-state index in [4.69, 9.17) is 9.97 Å². The molecule has 0 N–H and O–H groups in total. The third-order valence-electron chi connectivity index (χ3n) is 13.2. The van der Waals surface area contributed by atoms with Gasteiger partial charge in [0.05, 0.1) is 38.8 Å². The molecule has 0 radical (unpaired) electrons. The summed E-state index contributed by atoms with van der Waals surface area (Å²) in [7, 11) is -2.97. The van der Waals surface area contributed by atoms with Crippen molar-refractivity contribution >= 4 is 72.6 Å². The van der Waals surface area contributed by atoms with Crippen LogP contribution in [-0.2, 0) is 0 Å². The lowest BCUT2D eigenvalue weighted by Crippen LogP contribution is -2.73. The van der Waals surface area contributed by atoms with Crippen LogP contribution in [0.25, 0.3) is 88.8 Å². The van der Waals surface area contributed by atoms with Gasteiger partial charge in [-0.05, 0) is 63.6 Å². The van der Waals surface area contributed by atoms with Crippen LogP contribution in [0.1, 0.15) is 0 Å². The van der Waals surface area contributed by atoms with Crippen molar-refractivity contribution in [1.29, 1.82) is 0 Å². The zero-order valence-electron chi connectivity index (χ0n) is 34.2. The van der Waals surface area contributed by atoms with E-state index in [0.717, 1.165) is 55.9 Å². The first kappa shape index (κ1) is 35.6. The third kappa shape index (κ3) is 5.14. The molecule has 9 aromatic carbocycles. The van der Waals surface area contributed by atoms with Gasteiger partial charge in [0.25, 0.3) is 0 Å². The molecule has 4 nitrogen and oxygen atoms in total. The SMILES string of the molecule is c1ccc(-c2nc(-c3ccccc3-n3c4ccccc4c4cc5c(cc43)c3ccccc3n5-c3ccccc3)c3c(n2)[Si](c2ccccc2)(c2ccccc2)c2ccccc2-3)cc1. The maximum absolute atomic E-state index is 5.75. The Morgan fingerprint density at radius 2 is 0.857 bits per heavy atom. The Bertz CT molecular complexity index is 3690. The Kier molecular flexibility index (Phi) is 7.89. The van der Waals surface area contributed by atoms with Crippen LogP contribution >= 0.6 is 0 Å². The molecule has 0 amide bonds. The fraction of sp³-hybridized carbons (Fsp3) is 0. The highest BCUT2D eigenvalue weighted by atomic mass is 28.3. The van der Waals surface area contributed by atoms with Gasteiger partial charge < -0.3 is 9.13 Å². The first-order valence-corrected chi connectivity index (χ1v) is 23.6. The molecule has 0 atom stereocenters. The second-order valence-corrected chi connectivity index (χ2v) is 20.1. The van der Waals surface area contributed by atoms with E-state index in [0.29, 0.717) is 0 Å². The quantitative estimate of drug-likeness (QED) is 0.157. The predicted molar refractivity (Wildman–Crippen MR) is 264 cm³/mol. The molecular weight excluding hydrogens is 781 g/mol. The second kappa shape index (κ2) is 14.0. The van der Waals surface area contributed by atoms with Crippen molar-refractivity contribution in [1.82, 2.24) is 19.1 Å². The summed E-state index contributed by atoms with van der Waals surface area (Å²) in [6.07, 6.45) is 0. The molecule has 0 aliphatic carbocycles. The van der Waals surface area contributed by atoms with Crippen LogP contribution in [0.4, 0.5) is 0 Å². The average Bonchev–Trinajstić information content (AvgIpc) is 3.98. The van der Waals surface area contributed by atoms with Crippen LogP contribution in [0.15, 0.2) is 231 Å². The van der Waals surface area contributed by atoms with Crippen molar-refractivity contribution in [3.05, 3.63) is 231 Å². The lowest BCUT2D eigenvalue weighted by atomic mass is 9.99. The van der Waals surface area contributed by atoms with E-state index in [1.54, 1.807) is 0 Å². The summed E-state index contributed by atoms with van der Waals surface area (Å²) in [4.78, 5) is 11.4. The van der Waals surface area contributed by atoms with Crippen LogP contribution < -0.4 is 20.9 Å². The molecule has 1 aliphatic heterocycles. The number of fused-ring (bicyclic) bond motifs is 9. The summed E-state index contributed by atoms with van der Waals surface area (Å²) in [5, 5.41) is 9.92. The third-order valence-corrected chi connectivity index (χ3v) is 17.9. The highest BCUT2D eigenvalue weighted by molar-refractivity contribution is 7.21. The van der Waals surface area contributed by atoms with Gasteiger partial charge in [0, 0.05) is 43.9 Å². The number of rotatable bonds is 6. The van der Waals surface area contributed by atoms with Crippen molar-refractivity contribution in [2.45, 2.75) is 0 Å². The number of para-hydroxylation sites is 4. The van der Waals surface area contributed by atoms with Gasteiger partial charge in [-0.15, -0.1) is 0 Å². The Morgan fingerprint density at radius 1 is 0.365 bits per heavy atom. The second-order valence-electron chi connectivity index (χ2n) is 16.5. The lowest BCUT2D eigenvalue weighted by molar-refractivity contribution is 1.16. The van der Waals surface area contributed by atoms with E-state index in [9.17, 15) is 0 Å². The van der Waals surface area contributed by atoms with E-state index in [-0.39, 0.29) is 0 Å². The summed E-state index contributed by atoms with van der Waals surface area (Å²) >= 11 is 0. The van der Waals surface area contributed by atoms with E-state index in [1.807, 2.05) is 0 Å². The number of benzene rings is 9. The molecule has 0 saturated carbocycles. The summed E-state index contributed by atoms with van der Waals surface area (Å²) in [5.41, 5.74) is 12.2. The Morgan fingerprint density at radius 3 is 1.51 bits per heavy atom. The van der Waals surface area contributed by atoms with Gasteiger partial charge in [0.1, 0.15) is 0 Å². The normalized spacial score (nSPS) is 12.9. The summed E-state index contributed by atoms with van der Waals surface area (Å²) in [6.45, 7) is 0. The zero-order valence-corrected chi connectivity index (χ0v) is 35.2. The Labute approximate surface area is 365 Å². The minimum Gasteiger partial charge on any atom is -0.309 e. The van der Waals surface area contributed by atoms with Crippen LogP contribution in [-0.4, -0.2) is 27.2 Å². The summed E-state index contributed by atoms with van der Waals surface area (Å²) in [6, 6.07) is 83.8. The van der Waals surface area contributed by atoms with Gasteiger partial charge in [-0.1, -0.05) is 188 Å². The Balaban J connectivity index is 1.16. The topological polar surface area (TPSA) is 35.6 Å². The molecule has 12 aromatic rings. The average molecular weight is 819 g/mol. The molecule has 3 aromatic heterocycles. The number of nitrogens with zero attached hydrogens (tertiary/aromatic N) is 4. The van der Waals surface area contributed by atoms with Crippen LogP contribution in [0.5, 0.6) is 0 Å². The number of hydrogen-bond acceptors (Lipinski definition) is 2. The van der Waals surface area contributed by atoms with Gasteiger partial charge >= 0.3 is 0 Å². The van der Waals surface area contributed by atoms with Crippen molar-refractivity contribution in [2.24, 2.45) is 0 Å². The van der Waals surface area contributed by atoms with Gasteiger partial charge in [-0.2, -0.15) is 0 Å². The summed E-state index contributed by atoms with van der Waals surface area (Å²) in [5.74, 6) is 0.730. The molecule has 13 rings (SSSR count). The molecule has 0 saturated heterocycles. The fourth-order valence-corrected chi connectivity index (χ4v) is 15.6. The van der Waals surface area contributed by atoms with Gasteiger partial charge in [0.2, 0.25) is 8.07 Å². The minimum absolute atomic E-state index is 0.730. The van der Waals surface area contributed by atoms with Crippen molar-refractivity contribution in [3.8, 4) is 45.1 Å². The molecule has 4 heterocycles. The van der Waals surface area contributed by atoms with E-state index in [2.05, 4.69) is 240 Å². The smallest absolute Gasteiger partial charge is 0.203 e. The highest BCUT2D eigenvalue weighted by Gasteiger charge is 2.51. The molecule has 0 bridgehead atoms. The molecule has 5 heteroatoms. The lowest BCUT2D eigenvalue weighted by Gasteiger charge is -2.30. The van der Waals surface area contributed by atoms with E-state index >= 15 is 0 Å². The molecule has 0 fully saturated rings. The van der Waals surface area contributed by atoms with Gasteiger partial charge in [-0.3, -0.25) is 0 Å². The van der Waals surface area contributed by atoms with Gasteiger partial charge in [-0.25, -0.2) is 9.97 Å². The highest BCUT2D eigenvalue weighted by Crippen LogP contribution is 2.43. The fourth-order valence-electron chi connectivity index (χ4n) is 10.6. The molecule has 294 valence electrons. The van der Waals surface area contributed by atoms with Crippen molar-refractivity contribution in [2.75, 3.05) is 0 Å². The monoisotopic (exact) mass is 818 g/mol. The van der Waals surface area contributed by atoms with Crippen molar-refractivity contribution in [3.63, 3.8) is 0 Å². The molecular formula is C58H38N4Si. The maximum atomic E-state index is 5.75. The van der Waals surface area contributed by atoms with Crippen LogP contribution in [0.3, 0.4) is 0 Å². The minimum atomic E-state index is -2.97. The number of aromatic nitrogens is 4. The predicted octanol–water partition coefficient (Wildman–Crippen LogP) is 11.4.